The number of hydrogen-bond acceptors (Lipinski definition) is 0. The van der Waals surface area contributed by atoms with Crippen LogP contribution < -0.4 is 0 Å². The van der Waals surface area contributed by atoms with Gasteiger partial charge >= 0.3 is 0 Å². The number of fused-ring (bicyclic) bond motifs is 8. The van der Waals surface area contributed by atoms with Gasteiger partial charge in [0.25, 0.3) is 0 Å². The van der Waals surface area contributed by atoms with Gasteiger partial charge in [0.1, 0.15) is 0 Å². The van der Waals surface area contributed by atoms with Crippen molar-refractivity contribution in [2.75, 3.05) is 0 Å². The van der Waals surface area contributed by atoms with E-state index in [9.17, 15) is 0 Å². The number of hydrogen-bond donors (Lipinski definition) is 0. The Morgan fingerprint density at radius 2 is 0.921 bits per heavy atom. The van der Waals surface area contributed by atoms with Crippen molar-refractivity contribution in [3.63, 3.8) is 0 Å². The lowest BCUT2D eigenvalue weighted by atomic mass is 9.83. The summed E-state index contributed by atoms with van der Waals surface area (Å²) in [6.07, 6.45) is 21.9. The first-order chi connectivity index (χ1) is 18.9. The Morgan fingerprint density at radius 1 is 0.474 bits per heavy atom. The van der Waals surface area contributed by atoms with Gasteiger partial charge in [-0.15, -0.1) is 0 Å². The zero-order valence-electron chi connectivity index (χ0n) is 23.0. The maximum atomic E-state index is 2.87. The molecule has 1 aliphatic heterocycles. The Morgan fingerprint density at radius 3 is 1.37 bits per heavy atom. The molecule has 0 amide bonds. The molecule has 0 bridgehead atoms. The first kappa shape index (κ1) is 22.3. The lowest BCUT2D eigenvalue weighted by Crippen LogP contribution is -2.32. The molecule has 0 N–H and O–H groups in total. The van der Waals surface area contributed by atoms with Gasteiger partial charge in [0.2, 0.25) is 0 Å². The molecule has 4 aliphatic carbocycles. The molecule has 0 saturated heterocycles. The average molecular weight is 503 g/mol. The molecule has 196 valence electrons. The highest BCUT2D eigenvalue weighted by molar-refractivity contribution is 5.91. The number of benzene rings is 2. The third kappa shape index (κ3) is 3.07. The van der Waals surface area contributed by atoms with Gasteiger partial charge in [-0.2, -0.15) is 0 Å². The van der Waals surface area contributed by atoms with E-state index >= 15 is 0 Å². The third-order valence-corrected chi connectivity index (χ3v) is 11.6. The molecule has 2 saturated carbocycles. The fourth-order valence-corrected chi connectivity index (χ4v) is 9.86. The molecule has 2 aromatic heterocycles. The molecule has 0 unspecified atom stereocenters. The molecule has 38 heavy (non-hydrogen) atoms. The van der Waals surface area contributed by atoms with Crippen molar-refractivity contribution < 1.29 is 0 Å². The minimum Gasteiger partial charge on any atom is -0.333 e. The summed E-state index contributed by atoms with van der Waals surface area (Å²) >= 11 is 0. The number of nitrogens with zero attached hydrogens (tertiary/aromatic N) is 2. The molecule has 3 heterocycles. The van der Waals surface area contributed by atoms with Gasteiger partial charge in [0, 0.05) is 33.2 Å². The van der Waals surface area contributed by atoms with Crippen LogP contribution in [0.1, 0.15) is 147 Å². The normalized spacial score (nSPS) is 25.6. The van der Waals surface area contributed by atoms with Crippen LogP contribution in [0, 0.1) is 0 Å². The summed E-state index contributed by atoms with van der Waals surface area (Å²) in [6.45, 7) is 0. The van der Waals surface area contributed by atoms with Crippen LogP contribution in [0.15, 0.2) is 36.4 Å². The second-order valence-corrected chi connectivity index (χ2v) is 13.5. The van der Waals surface area contributed by atoms with E-state index in [-0.39, 0.29) is 0 Å². The summed E-state index contributed by atoms with van der Waals surface area (Å²) in [6, 6.07) is 16.5. The van der Waals surface area contributed by atoms with E-state index in [1.807, 2.05) is 0 Å². The molecule has 0 spiro atoms. The summed E-state index contributed by atoms with van der Waals surface area (Å²) in [5.74, 6) is 1.57. The molecule has 2 heteroatoms. The van der Waals surface area contributed by atoms with E-state index in [0.717, 1.165) is 11.8 Å². The molecule has 2 fully saturated rings. The predicted molar refractivity (Wildman–Crippen MR) is 158 cm³/mol. The van der Waals surface area contributed by atoms with Gasteiger partial charge in [-0.1, -0.05) is 50.7 Å². The van der Waals surface area contributed by atoms with Crippen molar-refractivity contribution in [1.29, 1.82) is 0 Å². The quantitative estimate of drug-likeness (QED) is 0.258. The summed E-state index contributed by atoms with van der Waals surface area (Å²) in [5, 5.41) is 3.21. The first-order valence-corrected chi connectivity index (χ1v) is 16.2. The highest BCUT2D eigenvalue weighted by Gasteiger charge is 2.42. The summed E-state index contributed by atoms with van der Waals surface area (Å²) in [4.78, 5) is 0. The van der Waals surface area contributed by atoms with Crippen molar-refractivity contribution in [2.45, 2.75) is 127 Å². The van der Waals surface area contributed by atoms with E-state index in [0.29, 0.717) is 12.1 Å². The Hall–Kier alpha value is -2.48. The van der Waals surface area contributed by atoms with Crippen LogP contribution in [0.3, 0.4) is 0 Å². The molecule has 9 rings (SSSR count). The Bertz CT molecular complexity index is 1430. The molecule has 4 aromatic rings. The van der Waals surface area contributed by atoms with Crippen LogP contribution in [-0.2, 0) is 12.8 Å². The van der Waals surface area contributed by atoms with Crippen LogP contribution in [0.4, 0.5) is 0 Å². The van der Waals surface area contributed by atoms with Crippen LogP contribution in [-0.4, -0.2) is 9.13 Å². The molecular weight excluding hydrogens is 460 g/mol. The number of aromatic nitrogens is 2. The zero-order valence-corrected chi connectivity index (χ0v) is 23.0. The summed E-state index contributed by atoms with van der Waals surface area (Å²) in [7, 11) is 0. The highest BCUT2D eigenvalue weighted by atomic mass is 15.2. The van der Waals surface area contributed by atoms with Crippen molar-refractivity contribution in [3.05, 3.63) is 70.0 Å². The van der Waals surface area contributed by atoms with Crippen molar-refractivity contribution in [3.8, 4) is 0 Å². The fourth-order valence-electron chi connectivity index (χ4n) is 9.86. The summed E-state index contributed by atoms with van der Waals surface area (Å²) in [5.41, 5.74) is 13.1. The lowest BCUT2D eigenvalue weighted by molar-refractivity contribution is 0.359. The molecule has 2 atom stereocenters. The second kappa shape index (κ2) is 8.51. The number of rotatable bonds is 2. The van der Waals surface area contributed by atoms with Gasteiger partial charge < -0.3 is 9.13 Å². The van der Waals surface area contributed by atoms with Crippen LogP contribution in [0.5, 0.6) is 0 Å². The number of aryl methyl sites for hydroxylation is 2. The second-order valence-electron chi connectivity index (χ2n) is 13.5. The molecular formula is C36H42N2. The maximum Gasteiger partial charge on any atom is 0.0744 e. The van der Waals surface area contributed by atoms with E-state index in [1.54, 1.807) is 55.4 Å². The monoisotopic (exact) mass is 502 g/mol. The Kier molecular flexibility index (Phi) is 5.00. The fraction of sp³-hybridized carbons (Fsp3) is 0.556. The average Bonchev–Trinajstić information content (AvgIpc) is 3.51. The van der Waals surface area contributed by atoms with E-state index in [1.165, 1.54) is 103 Å². The lowest BCUT2D eigenvalue weighted by Gasteiger charge is -2.40. The van der Waals surface area contributed by atoms with Crippen molar-refractivity contribution in [2.24, 2.45) is 0 Å². The molecule has 0 radical (unpaired) electrons. The Labute approximate surface area is 227 Å². The molecule has 5 aliphatic rings. The van der Waals surface area contributed by atoms with Crippen molar-refractivity contribution in [1.82, 2.24) is 9.13 Å². The zero-order chi connectivity index (χ0) is 24.8. The standard InChI is InChI=1S/C36H42N2/c1-3-9-23(10-4-1)25-17-19-31-29(21-25)27-13-7-15-33-35(27)37(31)34-16-8-14-28-30-22-26(24-11-5-2-6-12-24)18-20-32(30)38(33)36(28)34/h17-24,33-34H,1-16H2/t33-,34-/m1/s1. The molecule has 2 aromatic carbocycles. The minimum absolute atomic E-state index is 0.519. The molecule has 2 nitrogen and oxygen atoms in total. The predicted octanol–water partition coefficient (Wildman–Crippen LogP) is 9.86. The van der Waals surface area contributed by atoms with Crippen molar-refractivity contribution >= 4 is 21.8 Å². The van der Waals surface area contributed by atoms with Gasteiger partial charge in [-0.25, -0.2) is 0 Å². The van der Waals surface area contributed by atoms with E-state index < -0.39 is 0 Å². The van der Waals surface area contributed by atoms with Gasteiger partial charge in [0.15, 0.2) is 0 Å². The largest absolute Gasteiger partial charge is 0.333 e. The van der Waals surface area contributed by atoms with Gasteiger partial charge in [-0.3, -0.25) is 0 Å². The Balaban J connectivity index is 1.24. The smallest absolute Gasteiger partial charge is 0.0744 e. The third-order valence-electron chi connectivity index (χ3n) is 11.6. The van der Waals surface area contributed by atoms with Gasteiger partial charge in [-0.05, 0) is 123 Å². The van der Waals surface area contributed by atoms with Gasteiger partial charge in [0.05, 0.1) is 12.1 Å². The van der Waals surface area contributed by atoms with E-state index in [2.05, 4.69) is 45.5 Å². The summed E-state index contributed by atoms with van der Waals surface area (Å²) < 4.78 is 5.75. The van der Waals surface area contributed by atoms with E-state index in [4.69, 9.17) is 0 Å². The highest BCUT2D eigenvalue weighted by Crippen LogP contribution is 2.53. The van der Waals surface area contributed by atoms with Crippen LogP contribution in [0.2, 0.25) is 0 Å². The minimum atomic E-state index is 0.519. The SMILES string of the molecule is c1cc2c(cc1C1CCCCC1)c1c3n2[C@@H]2CCCc4c2n(c2ccc(C5CCCCC5)cc42)[C@@H]3CCC1. The van der Waals surface area contributed by atoms with Crippen LogP contribution in [0.25, 0.3) is 21.8 Å². The topological polar surface area (TPSA) is 9.86 Å². The maximum absolute atomic E-state index is 2.87. The van der Waals surface area contributed by atoms with Crippen LogP contribution >= 0.6 is 0 Å². The first-order valence-electron chi connectivity index (χ1n) is 16.2.